The molecule has 0 spiro atoms. The third-order valence-corrected chi connectivity index (χ3v) is 19.3. The first kappa shape index (κ1) is 77.4. The smallest absolute Gasteiger partial charge is 0.302 e. The maximum absolute atomic E-state index is 12.5. The van der Waals surface area contributed by atoms with Gasteiger partial charge in [-0.05, 0) is 159 Å². The van der Waals surface area contributed by atoms with Crippen LogP contribution in [-0.2, 0) is 57.7 Å². The average molecular weight is 1460 g/mol. The quantitative estimate of drug-likeness (QED) is 0.0551. The summed E-state index contributed by atoms with van der Waals surface area (Å²) in [6.07, 6.45) is 1.08. The first-order valence-electron chi connectivity index (χ1n) is 33.8. The fourth-order valence-corrected chi connectivity index (χ4v) is 12.9. The van der Waals surface area contributed by atoms with Crippen molar-refractivity contribution in [2.24, 2.45) is 16.7 Å². The maximum Gasteiger partial charge on any atom is 0.302 e. The molecule has 5 heterocycles. The van der Waals surface area contributed by atoms with E-state index in [-0.39, 0.29) is 83.4 Å². The summed E-state index contributed by atoms with van der Waals surface area (Å²) in [5.74, 6) is -2.16. The van der Waals surface area contributed by atoms with Crippen LogP contribution in [0, 0.1) is 48.9 Å². The molecule has 24 nitrogen and oxygen atoms in total. The van der Waals surface area contributed by atoms with Crippen molar-refractivity contribution in [2.75, 3.05) is 76.0 Å². The van der Waals surface area contributed by atoms with E-state index in [1.54, 1.807) is 24.3 Å². The number of benzene rings is 8. The number of anilines is 6. The van der Waals surface area contributed by atoms with Crippen molar-refractivity contribution in [2.45, 2.75) is 85.1 Å². The molecule has 26 heteroatoms. The molecule has 4 unspecified atom stereocenters. The molecule has 0 radical (unpaired) electrons. The summed E-state index contributed by atoms with van der Waals surface area (Å²) in [6.45, 7) is 17.1. The number of hydrogen-bond acceptors (Lipinski definition) is 18. The van der Waals surface area contributed by atoms with E-state index in [4.69, 9.17) is 26.3 Å². The summed E-state index contributed by atoms with van der Waals surface area (Å²) >= 11 is 6.19. The standard InChI is InChI=1S/C19H21N3O2.C16H15ClN2O.C16H20N2O7S.C16H16N2O.C12H13N3O/c1-12-5-4-6-17(11-12)22-18(13(2)19(24)21-22)15-7-9-16(10-8-15)20-14(3)23;1-11-5-4-6-12(9-11)19-10-14(16(20)18-19)13-7-2-3-8-15(13)17;1-11(19)24-9-16(10-25-12(2)20)8-18(17-15(16)21)13-5-4-6-14(7-13)26(3,22)23;1-12-7-9-14(10-8-12)18-11-15(16(19)17-18)13-5-3-2-4-6-13;1-12(2)8-15(14-11(12)16)10-5-3-9(7-13)4-6-10/h4-11,13,18H,1-3H3,(H,20,23)(H,21,24);2-9,14H,10H2,1H3,(H,18,20);4-7H,8-10H2,1-3H3,(H,17,21);2-10,15H,11H2,1H3,(H,17,19);3-6H,8H2,1-2H3,(H,14,16). The van der Waals surface area contributed by atoms with Gasteiger partial charge in [-0.2, -0.15) is 5.26 Å². The summed E-state index contributed by atoms with van der Waals surface area (Å²) in [5.41, 5.74) is 24.7. The number of amides is 6. The molecule has 5 aliphatic heterocycles. The second kappa shape index (κ2) is 34.0. The maximum atomic E-state index is 12.5. The van der Waals surface area contributed by atoms with Crippen LogP contribution < -0.4 is 57.5 Å². The molecule has 4 atom stereocenters. The van der Waals surface area contributed by atoms with Crippen LogP contribution in [0.15, 0.2) is 205 Å². The van der Waals surface area contributed by atoms with Crippen LogP contribution in [-0.4, -0.2) is 101 Å². The molecule has 546 valence electrons. The van der Waals surface area contributed by atoms with Gasteiger partial charge in [0.15, 0.2) is 9.84 Å². The Kier molecular flexibility index (Phi) is 25.1. The Morgan fingerprint density at radius 1 is 0.543 bits per heavy atom. The molecule has 6 N–H and O–H groups in total. The number of carbonyl (C=O) groups excluding carboxylic acids is 8. The van der Waals surface area contributed by atoms with Gasteiger partial charge >= 0.3 is 11.9 Å². The molecule has 8 aromatic carbocycles. The number of hydrogen-bond donors (Lipinski definition) is 6. The fraction of sp³-hybridized carbons (Fsp3) is 0.278. The van der Waals surface area contributed by atoms with Gasteiger partial charge in [0.1, 0.15) is 18.6 Å². The zero-order chi connectivity index (χ0) is 75.9. The van der Waals surface area contributed by atoms with E-state index in [1.165, 1.54) is 43.5 Å². The van der Waals surface area contributed by atoms with Gasteiger partial charge in [0.2, 0.25) is 29.5 Å². The Bertz CT molecular complexity index is 4640. The van der Waals surface area contributed by atoms with Crippen LogP contribution in [0.4, 0.5) is 34.1 Å². The van der Waals surface area contributed by atoms with Gasteiger partial charge in [0.05, 0.1) is 100 Å². The lowest BCUT2D eigenvalue weighted by molar-refractivity contribution is -0.154. The van der Waals surface area contributed by atoms with E-state index in [9.17, 15) is 46.8 Å². The number of nitriles is 1. The second-order valence-electron chi connectivity index (χ2n) is 26.8. The summed E-state index contributed by atoms with van der Waals surface area (Å²) in [5, 5.41) is 21.0. The van der Waals surface area contributed by atoms with Gasteiger partial charge in [0, 0.05) is 37.7 Å². The van der Waals surface area contributed by atoms with E-state index in [2.05, 4.69) is 69.7 Å². The molecular weight excluding hydrogens is 1380 g/mol. The molecule has 0 saturated carbocycles. The van der Waals surface area contributed by atoms with E-state index < -0.39 is 33.1 Å². The van der Waals surface area contributed by atoms with Crippen LogP contribution in [0.1, 0.15) is 98.4 Å². The first-order valence-corrected chi connectivity index (χ1v) is 36.0. The van der Waals surface area contributed by atoms with Crippen LogP contribution in [0.3, 0.4) is 0 Å². The van der Waals surface area contributed by atoms with Crippen molar-refractivity contribution < 1.29 is 56.2 Å². The van der Waals surface area contributed by atoms with Gasteiger partial charge in [-0.15, -0.1) is 0 Å². The largest absolute Gasteiger partial charge is 0.465 e. The van der Waals surface area contributed by atoms with Crippen LogP contribution in [0.5, 0.6) is 0 Å². The molecule has 5 fully saturated rings. The Hall–Kier alpha value is -11.8. The molecule has 105 heavy (non-hydrogen) atoms. The third-order valence-electron chi connectivity index (χ3n) is 17.8. The van der Waals surface area contributed by atoms with Crippen molar-refractivity contribution in [1.82, 2.24) is 27.1 Å². The lowest BCUT2D eigenvalue weighted by atomic mass is 9.90. The number of rotatable bonds is 14. The molecule has 0 bridgehead atoms. The highest BCUT2D eigenvalue weighted by Gasteiger charge is 2.49. The van der Waals surface area contributed by atoms with Crippen molar-refractivity contribution in [3.63, 3.8) is 0 Å². The lowest BCUT2D eigenvalue weighted by Crippen LogP contribution is -2.42. The molecule has 0 aliphatic carbocycles. The summed E-state index contributed by atoms with van der Waals surface area (Å²) in [6, 6.07) is 64.5. The molecule has 0 aromatic heterocycles. The predicted molar refractivity (Wildman–Crippen MR) is 402 cm³/mol. The van der Waals surface area contributed by atoms with Crippen molar-refractivity contribution in [3.05, 3.63) is 244 Å². The number of sulfone groups is 1. The lowest BCUT2D eigenvalue weighted by Gasteiger charge is -2.27. The normalized spacial score (nSPS) is 18.1. The number of ether oxygens (including phenoxy) is 2. The number of hydrazine groups is 5. The average Bonchev–Trinajstić information content (AvgIpc) is 1.65. The highest BCUT2D eigenvalue weighted by atomic mass is 35.5. The molecule has 8 aromatic rings. The minimum absolute atomic E-state index is 0.00689. The second-order valence-corrected chi connectivity index (χ2v) is 29.2. The fourth-order valence-electron chi connectivity index (χ4n) is 12.0. The van der Waals surface area contributed by atoms with E-state index in [0.717, 1.165) is 62.5 Å². The van der Waals surface area contributed by atoms with Gasteiger partial charge in [0.25, 0.3) is 5.91 Å². The molecule has 5 saturated heterocycles. The highest BCUT2D eigenvalue weighted by Crippen LogP contribution is 2.38. The van der Waals surface area contributed by atoms with Gasteiger partial charge in [-0.25, -0.2) is 8.42 Å². The number of esters is 2. The molecule has 6 amide bonds. The van der Waals surface area contributed by atoms with Crippen molar-refractivity contribution in [3.8, 4) is 6.07 Å². The summed E-state index contributed by atoms with van der Waals surface area (Å²) < 4.78 is 33.4. The monoisotopic (exact) mass is 1460 g/mol. The minimum atomic E-state index is -3.42. The van der Waals surface area contributed by atoms with E-state index in [1.807, 2.05) is 194 Å². The van der Waals surface area contributed by atoms with Crippen LogP contribution in [0.25, 0.3) is 0 Å². The van der Waals surface area contributed by atoms with Crippen molar-refractivity contribution >= 4 is 103 Å². The Morgan fingerprint density at radius 2 is 1.06 bits per heavy atom. The SMILES string of the molecule is CC(=O)Nc1ccc(C2C(C)C(=O)NN2c2cccc(C)c2)cc1.CC(=O)OCC1(COC(C)=O)CN(c2cccc(S(C)(=O)=O)c2)NC1=O.CC1(C)CN(c2ccc(C#N)cc2)NC1=O.Cc1ccc(N2CC(c3ccccc3)C(=O)N2)cc1.Cc1cccc(N2CC(c3ccccc3Cl)C(=O)N2)c1. The highest BCUT2D eigenvalue weighted by molar-refractivity contribution is 7.90. The van der Waals surface area contributed by atoms with Gasteiger partial charge in [-0.3, -0.25) is 90.5 Å². The summed E-state index contributed by atoms with van der Waals surface area (Å²) in [4.78, 5) is 94.2. The van der Waals surface area contributed by atoms with E-state index >= 15 is 0 Å². The van der Waals surface area contributed by atoms with Crippen LogP contribution >= 0.6 is 11.6 Å². The number of carbonyl (C=O) groups is 8. The summed E-state index contributed by atoms with van der Waals surface area (Å²) in [7, 11) is -3.42. The molecule has 5 aliphatic rings. The third kappa shape index (κ3) is 20.1. The van der Waals surface area contributed by atoms with Crippen molar-refractivity contribution in [1.29, 1.82) is 5.26 Å². The van der Waals surface area contributed by atoms with Crippen LogP contribution in [0.2, 0.25) is 5.02 Å². The van der Waals surface area contributed by atoms with Gasteiger partial charge in [-0.1, -0.05) is 127 Å². The zero-order valence-corrected chi connectivity index (χ0v) is 61.5. The topological polar surface area (TPSA) is 301 Å². The molecule has 13 rings (SSSR count). The molecular formula is C79H85ClN12O12S. The predicted octanol–water partition coefficient (Wildman–Crippen LogP) is 10.6. The Labute approximate surface area is 616 Å². The minimum Gasteiger partial charge on any atom is -0.465 e. The Morgan fingerprint density at radius 3 is 1.62 bits per heavy atom. The Balaban J connectivity index is 0.000000153. The van der Waals surface area contributed by atoms with Gasteiger partial charge < -0.3 is 14.8 Å². The number of aryl methyl sites for hydroxylation is 3. The first-order chi connectivity index (χ1) is 49.9. The number of halogens is 1. The number of nitrogens with zero attached hydrogens (tertiary/aromatic N) is 6. The number of nitrogens with one attached hydrogen (secondary N) is 6. The van der Waals surface area contributed by atoms with E-state index in [0.29, 0.717) is 35.9 Å². The zero-order valence-electron chi connectivity index (χ0n) is 60.0.